The molecule has 188 valence electrons. The number of aromatic nitrogens is 1. The summed E-state index contributed by atoms with van der Waals surface area (Å²) in [5, 5.41) is 14.1. The van der Waals surface area contributed by atoms with Gasteiger partial charge in [0.15, 0.2) is 0 Å². The first-order valence-electron chi connectivity index (χ1n) is 13.5. The number of hydrogen-bond acceptors (Lipinski definition) is 4. The molecule has 0 radical (unpaired) electrons. The first-order chi connectivity index (χ1) is 18.0. The van der Waals surface area contributed by atoms with Crippen molar-refractivity contribution >= 4 is 17.7 Å². The highest BCUT2D eigenvalue weighted by Gasteiger charge is 2.53. The molecule has 37 heavy (non-hydrogen) atoms. The summed E-state index contributed by atoms with van der Waals surface area (Å²) < 4.78 is 0. The predicted molar refractivity (Wildman–Crippen MR) is 149 cm³/mol. The van der Waals surface area contributed by atoms with Gasteiger partial charge in [-0.3, -0.25) is 4.79 Å². The van der Waals surface area contributed by atoms with Gasteiger partial charge in [-0.05, 0) is 80.2 Å². The van der Waals surface area contributed by atoms with Crippen LogP contribution in [0.3, 0.4) is 0 Å². The van der Waals surface area contributed by atoms with E-state index in [4.69, 9.17) is 4.98 Å². The van der Waals surface area contributed by atoms with Gasteiger partial charge in [0.1, 0.15) is 11.1 Å². The summed E-state index contributed by atoms with van der Waals surface area (Å²) in [5.74, 6) is 2.87. The van der Waals surface area contributed by atoms with Crippen LogP contribution in [0.4, 0.5) is 0 Å². The maximum Gasteiger partial charge on any atom is 0.230 e. The van der Waals surface area contributed by atoms with E-state index in [0.717, 1.165) is 40.1 Å². The van der Waals surface area contributed by atoms with Crippen molar-refractivity contribution in [3.8, 4) is 28.5 Å². The Morgan fingerprint density at radius 2 is 1.57 bits per heavy atom. The highest BCUT2D eigenvalue weighted by atomic mass is 32.2. The van der Waals surface area contributed by atoms with Crippen LogP contribution < -0.4 is 5.32 Å². The molecule has 1 heterocycles. The van der Waals surface area contributed by atoms with E-state index in [2.05, 4.69) is 18.3 Å². The van der Waals surface area contributed by atoms with E-state index in [1.54, 1.807) is 0 Å². The minimum absolute atomic E-state index is 0.0327. The number of carbonyl (C=O) groups is 1. The largest absolute Gasteiger partial charge is 0.352 e. The molecule has 4 saturated carbocycles. The maximum absolute atomic E-state index is 13.2. The first kappa shape index (κ1) is 24.2. The second kappa shape index (κ2) is 9.99. The summed E-state index contributed by atoms with van der Waals surface area (Å²) in [6, 6.07) is 24.5. The number of benzene rings is 2. The molecule has 5 heteroatoms. The highest BCUT2D eigenvalue weighted by Crippen LogP contribution is 2.61. The monoisotopic (exact) mass is 507 g/mol. The van der Waals surface area contributed by atoms with Crippen LogP contribution in [0.25, 0.3) is 22.4 Å². The lowest BCUT2D eigenvalue weighted by atomic mass is 9.48. The van der Waals surface area contributed by atoms with Crippen LogP contribution in [0.2, 0.25) is 0 Å². The number of nitrogens with one attached hydrogen (secondary N) is 1. The van der Waals surface area contributed by atoms with Gasteiger partial charge in [-0.1, -0.05) is 72.4 Å². The smallest absolute Gasteiger partial charge is 0.230 e. The van der Waals surface area contributed by atoms with Gasteiger partial charge in [0, 0.05) is 17.2 Å². The number of thioether (sulfide) groups is 1. The average Bonchev–Trinajstić information content (AvgIpc) is 2.91. The van der Waals surface area contributed by atoms with Crippen molar-refractivity contribution in [1.29, 1.82) is 5.26 Å². The third-order valence-corrected chi connectivity index (χ3v) is 9.95. The van der Waals surface area contributed by atoms with Gasteiger partial charge in [-0.15, -0.1) is 0 Å². The molecule has 7 rings (SSSR count). The fourth-order valence-electron chi connectivity index (χ4n) is 7.61. The maximum atomic E-state index is 13.2. The molecule has 0 spiro atoms. The number of hydrogen-bond donors (Lipinski definition) is 1. The van der Waals surface area contributed by atoms with E-state index in [1.165, 1.54) is 50.3 Å². The summed E-state index contributed by atoms with van der Waals surface area (Å²) >= 11 is 1.37. The van der Waals surface area contributed by atoms with E-state index < -0.39 is 0 Å². The fourth-order valence-corrected chi connectivity index (χ4v) is 8.43. The summed E-state index contributed by atoms with van der Waals surface area (Å²) in [4.78, 5) is 18.1. The lowest BCUT2D eigenvalue weighted by Gasteiger charge is -2.59. The van der Waals surface area contributed by atoms with Crippen LogP contribution >= 0.6 is 11.8 Å². The summed E-state index contributed by atoms with van der Waals surface area (Å²) in [7, 11) is 0. The van der Waals surface area contributed by atoms with Crippen LogP contribution in [-0.2, 0) is 4.79 Å². The summed E-state index contributed by atoms with van der Waals surface area (Å²) in [6.07, 6.45) is 8.02. The van der Waals surface area contributed by atoms with Gasteiger partial charge >= 0.3 is 0 Å². The van der Waals surface area contributed by atoms with E-state index in [1.807, 2.05) is 66.7 Å². The van der Waals surface area contributed by atoms with Crippen molar-refractivity contribution < 1.29 is 4.79 Å². The van der Waals surface area contributed by atoms with Crippen LogP contribution in [0.15, 0.2) is 71.8 Å². The lowest BCUT2D eigenvalue weighted by molar-refractivity contribution is -0.123. The number of amides is 1. The molecule has 4 aliphatic carbocycles. The van der Waals surface area contributed by atoms with Crippen LogP contribution in [-0.4, -0.2) is 22.7 Å². The predicted octanol–water partition coefficient (Wildman–Crippen LogP) is 7.10. The lowest BCUT2D eigenvalue weighted by Crippen LogP contribution is -2.56. The van der Waals surface area contributed by atoms with Crippen molar-refractivity contribution in [2.45, 2.75) is 56.5 Å². The zero-order valence-electron chi connectivity index (χ0n) is 21.3. The Bertz CT molecular complexity index is 1300. The Kier molecular flexibility index (Phi) is 6.55. The highest BCUT2D eigenvalue weighted by molar-refractivity contribution is 8.00. The summed E-state index contributed by atoms with van der Waals surface area (Å²) in [6.45, 7) is 2.22. The molecule has 4 aliphatic rings. The second-order valence-corrected chi connectivity index (χ2v) is 12.4. The molecule has 4 nitrogen and oxygen atoms in total. The molecular formula is C32H33N3OS. The number of nitriles is 1. The number of pyridine rings is 1. The van der Waals surface area contributed by atoms with Crippen molar-refractivity contribution in [3.05, 3.63) is 72.3 Å². The van der Waals surface area contributed by atoms with Gasteiger partial charge in [-0.2, -0.15) is 5.26 Å². The molecule has 0 saturated heterocycles. The van der Waals surface area contributed by atoms with Crippen molar-refractivity contribution in [2.75, 3.05) is 5.75 Å². The van der Waals surface area contributed by atoms with Gasteiger partial charge in [0.05, 0.1) is 17.0 Å². The molecule has 0 aliphatic heterocycles. The SMILES string of the molecule is C[C@H](NC(=O)CSc1nc(-c2ccccc2)cc(-c2ccccc2)c1C#N)C12CC3CC(CC(C3)C1)C2. The standard InChI is InChI=1S/C32H33N3OS/c1-21(32-16-22-12-23(17-32)14-24(13-22)18-32)34-30(36)20-37-31-28(19-33)27(25-8-4-2-5-9-25)15-29(35-31)26-10-6-3-7-11-26/h2-11,15,21-24H,12-14,16-18,20H2,1H3,(H,34,36)/t21-,22?,23?,24?,32?/m0/s1. The minimum atomic E-state index is 0.0327. The Labute approximate surface area is 223 Å². The third kappa shape index (κ3) is 4.80. The van der Waals surface area contributed by atoms with Crippen molar-refractivity contribution in [3.63, 3.8) is 0 Å². The number of carbonyl (C=O) groups excluding carboxylic acids is 1. The topological polar surface area (TPSA) is 65.8 Å². The molecule has 0 unspecified atom stereocenters. The van der Waals surface area contributed by atoms with Gasteiger partial charge in [0.2, 0.25) is 5.91 Å². The Balaban J connectivity index is 1.23. The minimum Gasteiger partial charge on any atom is -0.352 e. The molecule has 3 aromatic rings. The van der Waals surface area contributed by atoms with Gasteiger partial charge < -0.3 is 5.32 Å². The van der Waals surface area contributed by atoms with E-state index in [9.17, 15) is 10.1 Å². The van der Waals surface area contributed by atoms with Crippen LogP contribution in [0, 0.1) is 34.5 Å². The fraction of sp³-hybridized carbons (Fsp3) is 0.406. The molecule has 1 aromatic heterocycles. The zero-order chi connectivity index (χ0) is 25.4. The molecule has 4 fully saturated rings. The molecular weight excluding hydrogens is 474 g/mol. The van der Waals surface area contributed by atoms with Crippen LogP contribution in [0.5, 0.6) is 0 Å². The molecule has 1 atom stereocenters. The zero-order valence-corrected chi connectivity index (χ0v) is 22.1. The van der Waals surface area contributed by atoms with Gasteiger partial charge in [0.25, 0.3) is 0 Å². The Hall–Kier alpha value is -3.10. The Morgan fingerprint density at radius 1 is 1.00 bits per heavy atom. The average molecular weight is 508 g/mol. The van der Waals surface area contributed by atoms with E-state index >= 15 is 0 Å². The van der Waals surface area contributed by atoms with Gasteiger partial charge in [-0.25, -0.2) is 4.98 Å². The Morgan fingerprint density at radius 3 is 2.14 bits per heavy atom. The number of rotatable bonds is 7. The second-order valence-electron chi connectivity index (χ2n) is 11.4. The van der Waals surface area contributed by atoms with E-state index in [-0.39, 0.29) is 23.1 Å². The molecule has 1 amide bonds. The third-order valence-electron chi connectivity index (χ3n) is 8.97. The van der Waals surface area contributed by atoms with Crippen molar-refractivity contribution in [1.82, 2.24) is 10.3 Å². The normalized spacial score (nSPS) is 26.4. The van der Waals surface area contributed by atoms with E-state index in [0.29, 0.717) is 10.6 Å². The van der Waals surface area contributed by atoms with Crippen LogP contribution in [0.1, 0.15) is 51.0 Å². The first-order valence-corrected chi connectivity index (χ1v) is 14.5. The quantitative estimate of drug-likeness (QED) is 0.346. The molecule has 1 N–H and O–H groups in total. The molecule has 2 aromatic carbocycles. The van der Waals surface area contributed by atoms with Crippen molar-refractivity contribution in [2.24, 2.45) is 23.2 Å². The summed E-state index contributed by atoms with van der Waals surface area (Å²) in [5.41, 5.74) is 4.42. The molecule has 4 bridgehead atoms. The number of nitrogens with zero attached hydrogens (tertiary/aromatic N) is 2.